The molecule has 1 aliphatic heterocycles. The number of nitrogens with zero attached hydrogens (tertiary/aromatic N) is 1. The summed E-state index contributed by atoms with van der Waals surface area (Å²) in [7, 11) is 0. The summed E-state index contributed by atoms with van der Waals surface area (Å²) < 4.78 is 23.6. The first-order chi connectivity index (χ1) is 12.7. The number of halogens is 2. The Morgan fingerprint density at radius 1 is 1.11 bits per heavy atom. The molecule has 5 nitrogen and oxygen atoms in total. The van der Waals surface area contributed by atoms with Crippen molar-refractivity contribution < 1.29 is 23.5 Å². The third-order valence-corrected chi connectivity index (χ3v) is 4.06. The molecule has 1 heterocycles. The number of rotatable bonds is 4. The molecule has 2 aromatic carbocycles. The van der Waals surface area contributed by atoms with Crippen molar-refractivity contribution in [1.29, 1.82) is 0 Å². The largest absolute Gasteiger partial charge is 0.445 e. The number of amides is 1. The van der Waals surface area contributed by atoms with E-state index < -0.39 is 17.7 Å². The number of hydrogen-bond donors (Lipinski definition) is 0. The van der Waals surface area contributed by atoms with Gasteiger partial charge < -0.3 is 14.4 Å². The minimum absolute atomic E-state index is 0.164. The van der Waals surface area contributed by atoms with Gasteiger partial charge >= 0.3 is 5.97 Å². The van der Waals surface area contributed by atoms with Gasteiger partial charge in [-0.1, -0.05) is 23.7 Å². The second-order valence-corrected chi connectivity index (χ2v) is 6.86. The van der Waals surface area contributed by atoms with Gasteiger partial charge in [0.15, 0.2) is 0 Å². The smallest absolute Gasteiger partial charge is 0.377 e. The Morgan fingerprint density at radius 3 is 2.30 bits per heavy atom. The van der Waals surface area contributed by atoms with Gasteiger partial charge in [-0.3, -0.25) is 4.79 Å². The van der Waals surface area contributed by atoms with Crippen LogP contribution in [0.3, 0.4) is 0 Å². The van der Waals surface area contributed by atoms with Crippen molar-refractivity contribution in [2.45, 2.75) is 26.2 Å². The van der Waals surface area contributed by atoms with Gasteiger partial charge in [-0.2, -0.15) is 0 Å². The van der Waals surface area contributed by atoms with Crippen LogP contribution in [0.5, 0.6) is 0 Å². The lowest BCUT2D eigenvalue weighted by Crippen LogP contribution is -2.29. The van der Waals surface area contributed by atoms with Gasteiger partial charge in [0.2, 0.25) is 11.5 Å². The van der Waals surface area contributed by atoms with Crippen LogP contribution in [0.4, 0.5) is 10.1 Å². The zero-order valence-corrected chi connectivity index (χ0v) is 15.5. The summed E-state index contributed by atoms with van der Waals surface area (Å²) in [5, 5.41) is 0.524. The predicted molar refractivity (Wildman–Crippen MR) is 98.4 cm³/mol. The standard InChI is InChI=1S/C20H17ClFNO4/c1-20(2)26-17(19(25)27-20)11-18(24)23(16-9-5-14(21)6-10-16)12-13-3-7-15(22)8-4-13/h3-11H,12H2,1-2H3/b17-11+. The normalized spacial score (nSPS) is 16.7. The summed E-state index contributed by atoms with van der Waals surface area (Å²) in [5.74, 6) is -2.83. The highest BCUT2D eigenvalue weighted by atomic mass is 35.5. The van der Waals surface area contributed by atoms with Crippen molar-refractivity contribution in [3.63, 3.8) is 0 Å². The van der Waals surface area contributed by atoms with E-state index in [9.17, 15) is 14.0 Å². The molecule has 1 saturated heterocycles. The molecule has 0 bridgehead atoms. The molecule has 0 unspecified atom stereocenters. The van der Waals surface area contributed by atoms with Gasteiger partial charge in [0.05, 0.1) is 12.6 Å². The summed E-state index contributed by atoms with van der Waals surface area (Å²) in [6, 6.07) is 12.5. The van der Waals surface area contributed by atoms with Crippen LogP contribution in [0.1, 0.15) is 19.4 Å². The maximum atomic E-state index is 13.2. The topological polar surface area (TPSA) is 55.8 Å². The van der Waals surface area contributed by atoms with Crippen LogP contribution in [0.15, 0.2) is 60.4 Å². The van der Waals surface area contributed by atoms with E-state index in [1.165, 1.54) is 17.0 Å². The van der Waals surface area contributed by atoms with E-state index in [1.807, 2.05) is 0 Å². The summed E-state index contributed by atoms with van der Waals surface area (Å²) in [4.78, 5) is 26.2. The summed E-state index contributed by atoms with van der Waals surface area (Å²) in [5.41, 5.74) is 1.28. The Labute approximate surface area is 160 Å². The molecule has 2 aromatic rings. The highest BCUT2D eigenvalue weighted by molar-refractivity contribution is 6.30. The number of cyclic esters (lactones) is 1. The maximum absolute atomic E-state index is 13.2. The van der Waals surface area contributed by atoms with E-state index in [0.29, 0.717) is 16.3 Å². The first-order valence-corrected chi connectivity index (χ1v) is 8.57. The molecule has 27 heavy (non-hydrogen) atoms. The first-order valence-electron chi connectivity index (χ1n) is 8.19. The molecule has 0 atom stereocenters. The van der Waals surface area contributed by atoms with E-state index >= 15 is 0 Å². The number of anilines is 1. The predicted octanol–water partition coefficient (Wildman–Crippen LogP) is 4.21. The quantitative estimate of drug-likeness (QED) is 0.580. The van der Waals surface area contributed by atoms with Crippen molar-refractivity contribution in [3.05, 3.63) is 76.8 Å². The molecule has 0 N–H and O–H groups in total. The minimum atomic E-state index is -1.12. The molecule has 0 saturated carbocycles. The summed E-state index contributed by atoms with van der Waals surface area (Å²) in [6.07, 6.45) is 1.09. The van der Waals surface area contributed by atoms with Crippen LogP contribution in [-0.2, 0) is 25.6 Å². The zero-order valence-electron chi connectivity index (χ0n) is 14.7. The molecule has 3 rings (SSSR count). The van der Waals surface area contributed by atoms with Crippen LogP contribution in [0.25, 0.3) is 0 Å². The van der Waals surface area contributed by atoms with Crippen molar-refractivity contribution in [2.75, 3.05) is 4.90 Å². The van der Waals surface area contributed by atoms with Gasteiger partial charge in [-0.15, -0.1) is 0 Å². The van der Waals surface area contributed by atoms with Crippen LogP contribution in [0, 0.1) is 5.82 Å². The highest BCUT2D eigenvalue weighted by Crippen LogP contribution is 2.27. The average Bonchev–Trinajstić information content (AvgIpc) is 2.87. The lowest BCUT2D eigenvalue weighted by atomic mass is 10.2. The van der Waals surface area contributed by atoms with Crippen molar-refractivity contribution in [2.24, 2.45) is 0 Å². The molecule has 0 aromatic heterocycles. The lowest BCUT2D eigenvalue weighted by molar-refractivity contribution is -0.159. The molecule has 1 fully saturated rings. The first kappa shape index (κ1) is 18.9. The Balaban J connectivity index is 1.91. The van der Waals surface area contributed by atoms with E-state index in [2.05, 4.69) is 0 Å². The number of ether oxygens (including phenoxy) is 2. The van der Waals surface area contributed by atoms with Gasteiger partial charge in [0.1, 0.15) is 5.82 Å². The number of hydrogen-bond acceptors (Lipinski definition) is 4. The number of carbonyl (C=O) groups excluding carboxylic acids is 2. The molecule has 0 spiro atoms. The Morgan fingerprint density at radius 2 is 1.74 bits per heavy atom. The maximum Gasteiger partial charge on any atom is 0.377 e. The van der Waals surface area contributed by atoms with Crippen LogP contribution in [-0.4, -0.2) is 17.7 Å². The number of esters is 1. The molecule has 0 aliphatic carbocycles. The summed E-state index contributed by atoms with van der Waals surface area (Å²) in [6.45, 7) is 3.32. The minimum Gasteiger partial charge on any atom is -0.445 e. The van der Waals surface area contributed by atoms with Crippen molar-refractivity contribution in [1.82, 2.24) is 0 Å². The SMILES string of the molecule is CC1(C)OC(=O)/C(=C\C(=O)N(Cc2ccc(F)cc2)c2ccc(Cl)cc2)O1. The van der Waals surface area contributed by atoms with Gasteiger partial charge in [0.25, 0.3) is 5.91 Å². The fourth-order valence-electron chi connectivity index (χ4n) is 2.57. The fourth-order valence-corrected chi connectivity index (χ4v) is 2.70. The second-order valence-electron chi connectivity index (χ2n) is 6.43. The molecule has 1 amide bonds. The van der Waals surface area contributed by atoms with Gasteiger partial charge in [-0.05, 0) is 42.0 Å². The molecule has 0 radical (unpaired) electrons. The Hall–Kier alpha value is -2.86. The van der Waals surface area contributed by atoms with Crippen LogP contribution in [0.2, 0.25) is 5.02 Å². The van der Waals surface area contributed by atoms with E-state index in [4.69, 9.17) is 21.1 Å². The highest BCUT2D eigenvalue weighted by Gasteiger charge is 2.38. The summed E-state index contributed by atoms with van der Waals surface area (Å²) >= 11 is 5.92. The van der Waals surface area contributed by atoms with Crippen molar-refractivity contribution in [3.8, 4) is 0 Å². The monoisotopic (exact) mass is 389 g/mol. The van der Waals surface area contributed by atoms with Gasteiger partial charge in [-0.25, -0.2) is 9.18 Å². The number of benzene rings is 2. The zero-order chi connectivity index (χ0) is 19.6. The van der Waals surface area contributed by atoms with E-state index in [1.54, 1.807) is 50.2 Å². The van der Waals surface area contributed by atoms with E-state index in [-0.39, 0.29) is 18.1 Å². The molecule has 1 aliphatic rings. The molecular formula is C20H17ClFNO4. The third kappa shape index (κ3) is 4.65. The van der Waals surface area contributed by atoms with Gasteiger partial charge in [0, 0.05) is 24.6 Å². The molecule has 140 valence electrons. The lowest BCUT2D eigenvalue weighted by Gasteiger charge is -2.22. The van der Waals surface area contributed by atoms with E-state index in [0.717, 1.165) is 6.08 Å². The second kappa shape index (κ2) is 7.40. The number of carbonyl (C=O) groups is 2. The van der Waals surface area contributed by atoms with Crippen LogP contribution >= 0.6 is 11.6 Å². The molecule has 7 heteroatoms. The van der Waals surface area contributed by atoms with Crippen molar-refractivity contribution >= 4 is 29.2 Å². The Bertz CT molecular complexity index is 891. The fraction of sp³-hybridized carbons (Fsp3) is 0.200. The third-order valence-electron chi connectivity index (χ3n) is 3.81. The Kier molecular flexibility index (Phi) is 5.19. The molecular weight excluding hydrogens is 373 g/mol. The van der Waals surface area contributed by atoms with Crippen LogP contribution < -0.4 is 4.90 Å². The average molecular weight is 390 g/mol.